The van der Waals surface area contributed by atoms with Crippen LogP contribution in [0.2, 0.25) is 6.82 Å². The maximum atomic E-state index is 14.2. The van der Waals surface area contributed by atoms with E-state index < -0.39 is 24.0 Å². The van der Waals surface area contributed by atoms with Gasteiger partial charge in [0.1, 0.15) is 12.3 Å². The van der Waals surface area contributed by atoms with E-state index in [2.05, 4.69) is 36.4 Å². The average molecular weight is 632 g/mol. The Kier molecular flexibility index (Phi) is 14.9. The molecule has 1 unspecified atom stereocenters. The smallest absolute Gasteiger partial charge is 0.396 e. The monoisotopic (exact) mass is 631 g/mol. The molecule has 6 nitrogen and oxygen atoms in total. The number of thioether (sulfide) groups is 1. The van der Waals surface area contributed by atoms with E-state index in [0.29, 0.717) is 18.5 Å². The summed E-state index contributed by atoms with van der Waals surface area (Å²) in [5.74, 6) is -0.747. The van der Waals surface area contributed by atoms with Gasteiger partial charge >= 0.3 is 6.18 Å². The van der Waals surface area contributed by atoms with Gasteiger partial charge in [-0.2, -0.15) is 13.2 Å². The second kappa shape index (κ2) is 17.5. The molecule has 0 saturated heterocycles. The van der Waals surface area contributed by atoms with Crippen molar-refractivity contribution in [2.24, 2.45) is 5.92 Å². The van der Waals surface area contributed by atoms with E-state index in [1.165, 1.54) is 19.2 Å². The Labute approximate surface area is 266 Å². The summed E-state index contributed by atoms with van der Waals surface area (Å²) in [5.41, 5.74) is 4.46. The van der Waals surface area contributed by atoms with Gasteiger partial charge in [-0.15, -0.1) is 6.58 Å². The lowest BCUT2D eigenvalue weighted by atomic mass is 9.64. The Balaban J connectivity index is 0.00000102. The number of allylic oxidation sites excluding steroid dienone is 1. The summed E-state index contributed by atoms with van der Waals surface area (Å²) in [6, 6.07) is 4.13. The van der Waals surface area contributed by atoms with Crippen molar-refractivity contribution in [3.63, 3.8) is 0 Å². The lowest BCUT2D eigenvalue weighted by molar-refractivity contribution is -0.190. The molecule has 3 rings (SSSR count). The van der Waals surface area contributed by atoms with Crippen molar-refractivity contribution >= 4 is 42.0 Å². The maximum Gasteiger partial charge on any atom is 0.413 e. The molecule has 1 radical (unpaired) electrons. The van der Waals surface area contributed by atoms with Crippen LogP contribution in [0.15, 0.2) is 58.7 Å². The number of alkyl halides is 3. The summed E-state index contributed by atoms with van der Waals surface area (Å²) in [7, 11) is 3.35. The van der Waals surface area contributed by atoms with Crippen LogP contribution in [0.4, 0.5) is 30.2 Å². The number of amides is 1. The molecule has 1 aliphatic heterocycles. The highest BCUT2D eigenvalue weighted by Crippen LogP contribution is 2.43. The van der Waals surface area contributed by atoms with Crippen LogP contribution in [0.1, 0.15) is 89.7 Å². The number of benzene rings is 1. The van der Waals surface area contributed by atoms with Gasteiger partial charge < -0.3 is 20.6 Å². The fourth-order valence-corrected chi connectivity index (χ4v) is 5.85. The van der Waals surface area contributed by atoms with Gasteiger partial charge in [0, 0.05) is 36.4 Å². The standard InChI is InChI=1S/C28H37BF3N4OS.C5H10O/c1-7-9-20(10-8-2)27(37)36(6)25(28(30,31)32)19-11-13-21(14-12-19)35-22-16-34-26-24(23(22)18(4)29-5)33-15-17(3)38-26;1-5(2)3-4-6/h11-16,18,20,25,33,35H,7-10H2,1-6H3;6H,1,3-4H2,2H3/t18?,25-;/m0./s1. The Morgan fingerprint density at radius 2 is 1.82 bits per heavy atom. The molecule has 1 aliphatic rings. The molecule has 11 heteroatoms. The van der Waals surface area contributed by atoms with E-state index in [4.69, 9.17) is 5.11 Å². The van der Waals surface area contributed by atoms with E-state index in [1.54, 1.807) is 30.1 Å². The van der Waals surface area contributed by atoms with Crippen molar-refractivity contribution in [3.05, 3.63) is 64.8 Å². The third-order valence-electron chi connectivity index (χ3n) is 7.43. The number of aromatic nitrogens is 1. The lowest BCUT2D eigenvalue weighted by Gasteiger charge is -2.33. The fourth-order valence-electron chi connectivity index (χ4n) is 5.05. The molecule has 2 aromatic rings. The van der Waals surface area contributed by atoms with Gasteiger partial charge in [-0.1, -0.05) is 69.9 Å². The first-order valence-electron chi connectivity index (χ1n) is 15.2. The average Bonchev–Trinajstić information content (AvgIpc) is 2.96. The maximum absolute atomic E-state index is 14.2. The second-order valence-electron chi connectivity index (χ2n) is 11.2. The molecule has 0 saturated carbocycles. The van der Waals surface area contributed by atoms with Gasteiger partial charge in [0.2, 0.25) is 5.91 Å². The topological polar surface area (TPSA) is 77.5 Å². The van der Waals surface area contributed by atoms with E-state index in [9.17, 15) is 18.0 Å². The Hall–Kier alpha value is -2.92. The number of hydrogen-bond acceptors (Lipinski definition) is 6. The molecule has 241 valence electrons. The second-order valence-corrected chi connectivity index (χ2v) is 12.5. The summed E-state index contributed by atoms with van der Waals surface area (Å²) in [6.07, 6.45) is 2.51. The minimum atomic E-state index is -4.60. The zero-order chi connectivity index (χ0) is 33.0. The summed E-state index contributed by atoms with van der Waals surface area (Å²) in [5, 5.41) is 15.8. The minimum absolute atomic E-state index is 0.0309. The molecule has 0 fully saturated rings. The number of pyridine rings is 1. The Morgan fingerprint density at radius 1 is 1.20 bits per heavy atom. The van der Waals surface area contributed by atoms with Crippen LogP contribution < -0.4 is 10.6 Å². The highest BCUT2D eigenvalue weighted by atomic mass is 32.2. The number of nitrogens with one attached hydrogen (secondary N) is 2. The van der Waals surface area contributed by atoms with Gasteiger partial charge in [-0.3, -0.25) is 4.79 Å². The van der Waals surface area contributed by atoms with E-state index >= 15 is 0 Å². The highest BCUT2D eigenvalue weighted by molar-refractivity contribution is 8.03. The van der Waals surface area contributed by atoms with Crippen molar-refractivity contribution in [1.82, 2.24) is 9.88 Å². The zero-order valence-corrected chi connectivity index (χ0v) is 27.8. The molecule has 3 N–H and O–H groups in total. The van der Waals surface area contributed by atoms with Crippen LogP contribution in [-0.4, -0.2) is 48.0 Å². The Bertz CT molecular complexity index is 1260. The molecular weight excluding hydrogens is 584 g/mol. The number of hydrogen-bond donors (Lipinski definition) is 3. The highest BCUT2D eigenvalue weighted by Gasteiger charge is 2.46. The summed E-state index contributed by atoms with van der Waals surface area (Å²) < 4.78 is 42.7. The minimum Gasteiger partial charge on any atom is -0.396 e. The van der Waals surface area contributed by atoms with Crippen LogP contribution in [0.5, 0.6) is 0 Å². The third kappa shape index (κ3) is 10.3. The van der Waals surface area contributed by atoms with E-state index in [0.717, 1.165) is 56.6 Å². The molecular formula is C33H47BF3N4O2S. The summed E-state index contributed by atoms with van der Waals surface area (Å²) >= 11 is 1.60. The van der Waals surface area contributed by atoms with Crippen molar-refractivity contribution < 1.29 is 23.1 Å². The van der Waals surface area contributed by atoms with Gasteiger partial charge in [0.05, 0.1) is 17.6 Å². The quantitative estimate of drug-likeness (QED) is 0.151. The summed E-state index contributed by atoms with van der Waals surface area (Å²) in [4.78, 5) is 19.6. The van der Waals surface area contributed by atoms with Crippen molar-refractivity contribution in [2.45, 2.75) is 96.6 Å². The largest absolute Gasteiger partial charge is 0.413 e. The van der Waals surface area contributed by atoms with Crippen LogP contribution in [0.25, 0.3) is 0 Å². The third-order valence-corrected chi connectivity index (χ3v) is 8.37. The lowest BCUT2D eigenvalue weighted by Crippen LogP contribution is -2.42. The number of carbonyl (C=O) groups excluding carboxylic acids is 1. The molecule has 1 amide bonds. The SMILES string of the molecule is C=C(C)CCO.C[B]C(C)c1c(Nc2ccc([C@H](N(C)C(=O)C(CCC)CCC)C(F)(F)F)cc2)cnc2c1NC=C(C)S2. The molecule has 0 bridgehead atoms. The van der Waals surface area contributed by atoms with Gasteiger partial charge in [-0.05, 0) is 62.2 Å². The molecule has 2 atom stereocenters. The predicted octanol–water partition coefficient (Wildman–Crippen LogP) is 9.24. The number of carbonyl (C=O) groups is 1. The number of fused-ring (bicyclic) bond motifs is 1. The first-order valence-corrected chi connectivity index (χ1v) is 16.0. The van der Waals surface area contributed by atoms with Crippen LogP contribution in [0, 0.1) is 5.92 Å². The molecule has 1 aromatic heterocycles. The van der Waals surface area contributed by atoms with E-state index in [-0.39, 0.29) is 18.0 Å². The molecule has 1 aromatic carbocycles. The molecule has 2 heterocycles. The van der Waals surface area contributed by atoms with Crippen molar-refractivity contribution in [3.8, 4) is 0 Å². The van der Waals surface area contributed by atoms with Gasteiger partial charge in [0.15, 0.2) is 6.04 Å². The van der Waals surface area contributed by atoms with E-state index in [1.807, 2.05) is 40.7 Å². The molecule has 0 spiro atoms. The zero-order valence-electron chi connectivity index (χ0n) is 27.0. The van der Waals surface area contributed by atoms with Crippen molar-refractivity contribution in [1.29, 1.82) is 0 Å². The number of rotatable bonds is 13. The molecule has 44 heavy (non-hydrogen) atoms. The number of anilines is 3. The normalized spacial score (nSPS) is 13.9. The van der Waals surface area contributed by atoms with Crippen LogP contribution in [-0.2, 0) is 4.79 Å². The van der Waals surface area contributed by atoms with Gasteiger partial charge in [0.25, 0.3) is 0 Å². The first kappa shape index (κ1) is 37.3. The first-order chi connectivity index (χ1) is 20.8. The number of nitrogens with zero attached hydrogens (tertiary/aromatic N) is 2. The predicted molar refractivity (Wildman–Crippen MR) is 179 cm³/mol. The van der Waals surface area contributed by atoms with Crippen molar-refractivity contribution in [2.75, 3.05) is 24.3 Å². The number of aliphatic hydroxyl groups is 1. The number of aliphatic hydroxyl groups excluding tert-OH is 1. The van der Waals surface area contributed by atoms with Gasteiger partial charge in [-0.25, -0.2) is 4.98 Å². The number of halogens is 3. The van der Waals surface area contributed by atoms with Crippen LogP contribution >= 0.6 is 11.8 Å². The Morgan fingerprint density at radius 3 is 2.30 bits per heavy atom. The fraction of sp³-hybridized carbons (Fsp3) is 0.515. The van der Waals surface area contributed by atoms with Crippen LogP contribution in [0.3, 0.4) is 0 Å². The molecule has 0 aliphatic carbocycles. The summed E-state index contributed by atoms with van der Waals surface area (Å²) in [6.45, 7) is 15.7.